The third-order valence-electron chi connectivity index (χ3n) is 3.32. The summed E-state index contributed by atoms with van der Waals surface area (Å²) in [5.74, 6) is 0.0353. The van der Waals surface area contributed by atoms with Gasteiger partial charge in [-0.25, -0.2) is 0 Å². The van der Waals surface area contributed by atoms with E-state index in [9.17, 15) is 4.79 Å². The fourth-order valence-corrected chi connectivity index (χ4v) is 2.24. The van der Waals surface area contributed by atoms with Crippen LogP contribution in [0.15, 0.2) is 30.3 Å². The number of hydrogen-bond acceptors (Lipinski definition) is 3. The molecule has 0 aliphatic carbocycles. The van der Waals surface area contributed by atoms with Crippen molar-refractivity contribution in [2.45, 2.75) is 33.2 Å². The molecule has 3 N–H and O–H groups in total. The van der Waals surface area contributed by atoms with Crippen LogP contribution in [-0.2, 0) is 17.8 Å². The van der Waals surface area contributed by atoms with E-state index < -0.39 is 0 Å². The Bertz CT molecular complexity index is 601. The van der Waals surface area contributed by atoms with Gasteiger partial charge in [0.15, 0.2) is 0 Å². The molecule has 1 amide bonds. The Morgan fingerprint density at radius 3 is 2.62 bits per heavy atom. The lowest BCUT2D eigenvalue weighted by Gasteiger charge is -2.07. The fraction of sp³-hybridized carbons (Fsp3) is 0.375. The van der Waals surface area contributed by atoms with E-state index >= 15 is 0 Å². The molecule has 0 radical (unpaired) electrons. The molecule has 1 heterocycles. The number of benzene rings is 1. The van der Waals surface area contributed by atoms with Gasteiger partial charge in [-0.05, 0) is 44.0 Å². The van der Waals surface area contributed by atoms with Crippen molar-refractivity contribution in [2.24, 2.45) is 0 Å². The summed E-state index contributed by atoms with van der Waals surface area (Å²) in [6.45, 7) is 5.51. The molecule has 21 heavy (non-hydrogen) atoms. The summed E-state index contributed by atoms with van der Waals surface area (Å²) in [5.41, 5.74) is 9.48. The molecule has 5 nitrogen and oxygen atoms in total. The first-order valence-electron chi connectivity index (χ1n) is 7.17. The zero-order chi connectivity index (χ0) is 15.2. The average molecular weight is 286 g/mol. The van der Waals surface area contributed by atoms with Crippen LogP contribution in [0.25, 0.3) is 0 Å². The summed E-state index contributed by atoms with van der Waals surface area (Å²) in [6.07, 6.45) is 1.26. The van der Waals surface area contributed by atoms with E-state index in [-0.39, 0.29) is 5.91 Å². The number of aromatic nitrogens is 2. The Labute approximate surface area is 125 Å². The van der Waals surface area contributed by atoms with Crippen LogP contribution in [0, 0.1) is 13.8 Å². The number of hydrogen-bond donors (Lipinski definition) is 2. The zero-order valence-corrected chi connectivity index (χ0v) is 12.6. The smallest absolute Gasteiger partial charge is 0.224 e. The van der Waals surface area contributed by atoms with Crippen LogP contribution in [0.5, 0.6) is 0 Å². The number of nitrogens with two attached hydrogens (primary N) is 1. The highest BCUT2D eigenvalue weighted by atomic mass is 16.1. The second kappa shape index (κ2) is 6.92. The highest BCUT2D eigenvalue weighted by Gasteiger charge is 2.04. The van der Waals surface area contributed by atoms with Gasteiger partial charge < -0.3 is 11.1 Å². The lowest BCUT2D eigenvalue weighted by Crippen LogP contribution is -2.27. The summed E-state index contributed by atoms with van der Waals surface area (Å²) in [5, 5.41) is 7.33. The standard InChI is InChI=1S/C16H22N4O/c1-12-10-13(2)20(19-12)9-3-8-18-16(21)11-14-4-6-15(17)7-5-14/h4-7,10H,3,8-9,11,17H2,1-2H3,(H,18,21). The first-order chi connectivity index (χ1) is 10.0. The van der Waals surface area contributed by atoms with Crippen LogP contribution < -0.4 is 11.1 Å². The van der Waals surface area contributed by atoms with Gasteiger partial charge in [-0.15, -0.1) is 0 Å². The van der Waals surface area contributed by atoms with E-state index in [1.807, 2.05) is 42.8 Å². The van der Waals surface area contributed by atoms with Crippen LogP contribution in [0.2, 0.25) is 0 Å². The second-order valence-electron chi connectivity index (χ2n) is 5.27. The maximum atomic E-state index is 11.8. The average Bonchev–Trinajstić information content (AvgIpc) is 2.76. The molecule has 0 saturated carbocycles. The summed E-state index contributed by atoms with van der Waals surface area (Å²) in [6, 6.07) is 9.44. The zero-order valence-electron chi connectivity index (χ0n) is 12.6. The van der Waals surface area contributed by atoms with Gasteiger partial charge in [0, 0.05) is 24.5 Å². The maximum absolute atomic E-state index is 11.8. The van der Waals surface area contributed by atoms with Gasteiger partial charge in [-0.3, -0.25) is 9.48 Å². The lowest BCUT2D eigenvalue weighted by atomic mass is 10.1. The maximum Gasteiger partial charge on any atom is 0.224 e. The van der Waals surface area contributed by atoms with E-state index in [0.717, 1.165) is 29.9 Å². The molecule has 1 aromatic carbocycles. The summed E-state index contributed by atoms with van der Waals surface area (Å²) < 4.78 is 1.97. The molecule has 0 bridgehead atoms. The van der Waals surface area contributed by atoms with Crippen molar-refractivity contribution < 1.29 is 4.79 Å². The number of nitrogens with zero attached hydrogens (tertiary/aromatic N) is 2. The Hall–Kier alpha value is -2.30. The monoisotopic (exact) mass is 286 g/mol. The molecule has 1 aromatic heterocycles. The third-order valence-corrected chi connectivity index (χ3v) is 3.32. The molecule has 5 heteroatoms. The molecular formula is C16H22N4O. The quantitative estimate of drug-likeness (QED) is 0.628. The third kappa shape index (κ3) is 4.63. The molecule has 0 atom stereocenters. The Morgan fingerprint density at radius 2 is 2.00 bits per heavy atom. The molecule has 2 rings (SSSR count). The Balaban J connectivity index is 1.70. The highest BCUT2D eigenvalue weighted by molar-refractivity contribution is 5.78. The van der Waals surface area contributed by atoms with Crippen molar-refractivity contribution in [1.82, 2.24) is 15.1 Å². The van der Waals surface area contributed by atoms with Crippen molar-refractivity contribution in [3.8, 4) is 0 Å². The summed E-state index contributed by atoms with van der Waals surface area (Å²) in [4.78, 5) is 11.8. The number of amides is 1. The van der Waals surface area contributed by atoms with Crippen molar-refractivity contribution in [2.75, 3.05) is 12.3 Å². The van der Waals surface area contributed by atoms with Crippen LogP contribution in [0.3, 0.4) is 0 Å². The predicted octanol–water partition coefficient (Wildman–Crippen LogP) is 1.83. The normalized spacial score (nSPS) is 10.6. The topological polar surface area (TPSA) is 72.9 Å². The van der Waals surface area contributed by atoms with Crippen molar-refractivity contribution >= 4 is 11.6 Å². The van der Waals surface area contributed by atoms with E-state index in [2.05, 4.69) is 16.5 Å². The molecule has 2 aromatic rings. The lowest BCUT2D eigenvalue weighted by molar-refractivity contribution is -0.120. The van der Waals surface area contributed by atoms with Crippen LogP contribution in [0.4, 0.5) is 5.69 Å². The number of nitrogen functional groups attached to an aromatic ring is 1. The molecule has 0 aliphatic heterocycles. The van der Waals surface area contributed by atoms with Crippen LogP contribution in [-0.4, -0.2) is 22.2 Å². The number of carbonyl (C=O) groups is 1. The molecule has 112 valence electrons. The second-order valence-corrected chi connectivity index (χ2v) is 5.27. The van der Waals surface area contributed by atoms with Crippen LogP contribution >= 0.6 is 0 Å². The van der Waals surface area contributed by atoms with Gasteiger partial charge in [0.25, 0.3) is 0 Å². The SMILES string of the molecule is Cc1cc(C)n(CCCNC(=O)Cc2ccc(N)cc2)n1. The van der Waals surface area contributed by atoms with Gasteiger partial charge in [0.2, 0.25) is 5.91 Å². The van der Waals surface area contributed by atoms with Crippen LogP contribution in [0.1, 0.15) is 23.4 Å². The van der Waals surface area contributed by atoms with Gasteiger partial charge >= 0.3 is 0 Å². The number of anilines is 1. The molecular weight excluding hydrogens is 264 g/mol. The minimum Gasteiger partial charge on any atom is -0.399 e. The summed E-state index contributed by atoms with van der Waals surface area (Å²) in [7, 11) is 0. The fourth-order valence-electron chi connectivity index (χ4n) is 2.24. The predicted molar refractivity (Wildman–Crippen MR) is 83.9 cm³/mol. The Morgan fingerprint density at radius 1 is 1.29 bits per heavy atom. The minimum atomic E-state index is 0.0353. The van der Waals surface area contributed by atoms with E-state index in [1.54, 1.807) is 0 Å². The van der Waals surface area contributed by atoms with E-state index in [4.69, 9.17) is 5.73 Å². The molecule has 0 aliphatic rings. The minimum absolute atomic E-state index is 0.0353. The number of carbonyl (C=O) groups excluding carboxylic acids is 1. The summed E-state index contributed by atoms with van der Waals surface area (Å²) >= 11 is 0. The van der Waals surface area contributed by atoms with Gasteiger partial charge in [-0.2, -0.15) is 5.10 Å². The number of rotatable bonds is 6. The van der Waals surface area contributed by atoms with Crippen molar-refractivity contribution in [1.29, 1.82) is 0 Å². The largest absolute Gasteiger partial charge is 0.399 e. The number of aryl methyl sites for hydroxylation is 3. The van der Waals surface area contributed by atoms with Gasteiger partial charge in [0.1, 0.15) is 0 Å². The van der Waals surface area contributed by atoms with Gasteiger partial charge in [-0.1, -0.05) is 12.1 Å². The first-order valence-corrected chi connectivity index (χ1v) is 7.17. The number of nitrogens with one attached hydrogen (secondary N) is 1. The molecule has 0 fully saturated rings. The first kappa shape index (κ1) is 15.1. The molecule has 0 unspecified atom stereocenters. The highest BCUT2D eigenvalue weighted by Crippen LogP contribution is 2.06. The van der Waals surface area contributed by atoms with Crippen molar-refractivity contribution in [3.05, 3.63) is 47.3 Å². The van der Waals surface area contributed by atoms with E-state index in [0.29, 0.717) is 18.7 Å². The van der Waals surface area contributed by atoms with Crippen molar-refractivity contribution in [3.63, 3.8) is 0 Å². The van der Waals surface area contributed by atoms with Gasteiger partial charge in [0.05, 0.1) is 12.1 Å². The van der Waals surface area contributed by atoms with E-state index in [1.165, 1.54) is 0 Å². The Kier molecular flexibility index (Phi) is 4.98. The molecule has 0 saturated heterocycles. The molecule has 0 spiro atoms.